The molecule has 1 amide bonds. The van der Waals surface area contributed by atoms with Crippen molar-refractivity contribution < 1.29 is 22.7 Å². The van der Waals surface area contributed by atoms with Crippen LogP contribution in [0.3, 0.4) is 0 Å². The molecule has 0 bridgehead atoms. The van der Waals surface area contributed by atoms with Crippen LogP contribution in [0.15, 0.2) is 39.9 Å². The van der Waals surface area contributed by atoms with E-state index in [1.165, 1.54) is 11.3 Å². The van der Waals surface area contributed by atoms with Crippen molar-refractivity contribution in [3.05, 3.63) is 41.3 Å². The summed E-state index contributed by atoms with van der Waals surface area (Å²) in [5, 5.41) is 1.74. The van der Waals surface area contributed by atoms with Crippen LogP contribution in [-0.2, 0) is 10.0 Å². The summed E-state index contributed by atoms with van der Waals surface area (Å²) in [6.45, 7) is 4.83. The van der Waals surface area contributed by atoms with Gasteiger partial charge in [-0.15, -0.1) is 11.3 Å². The fourth-order valence-electron chi connectivity index (χ4n) is 3.23. The van der Waals surface area contributed by atoms with Gasteiger partial charge in [0, 0.05) is 24.7 Å². The number of amides is 1. The molecule has 0 atom stereocenters. The van der Waals surface area contributed by atoms with Crippen LogP contribution >= 0.6 is 11.3 Å². The van der Waals surface area contributed by atoms with Gasteiger partial charge in [0.2, 0.25) is 10.0 Å². The molecule has 0 unspecified atom stereocenters. The summed E-state index contributed by atoms with van der Waals surface area (Å²) in [7, 11) is -1.95. The first-order valence-corrected chi connectivity index (χ1v) is 11.9. The number of hydrogen-bond acceptors (Lipinski definition) is 6. The minimum Gasteiger partial charge on any atom is -0.493 e. The maximum absolute atomic E-state index is 12.9. The first-order valence-electron chi connectivity index (χ1n) is 9.50. The predicted octanol–water partition coefficient (Wildman–Crippen LogP) is 3.13. The van der Waals surface area contributed by atoms with Gasteiger partial charge in [0.1, 0.15) is 4.21 Å². The predicted molar refractivity (Wildman–Crippen MR) is 112 cm³/mol. The Labute approximate surface area is 175 Å². The number of rotatable bonds is 7. The molecular formula is C20H26N2O5S2. The van der Waals surface area contributed by atoms with E-state index >= 15 is 0 Å². The zero-order chi connectivity index (χ0) is 21.0. The molecule has 29 heavy (non-hydrogen) atoms. The molecule has 1 aromatic carbocycles. The molecule has 9 heteroatoms. The fraction of sp³-hybridized carbons (Fsp3) is 0.450. The number of thiophene rings is 1. The maximum atomic E-state index is 12.9. The number of hydrogen-bond donors (Lipinski definition) is 1. The number of benzene rings is 1. The van der Waals surface area contributed by atoms with E-state index < -0.39 is 10.0 Å². The Morgan fingerprint density at radius 2 is 1.93 bits per heavy atom. The highest BCUT2D eigenvalue weighted by Crippen LogP contribution is 2.30. The number of sulfonamides is 1. The highest BCUT2D eigenvalue weighted by Gasteiger charge is 2.28. The largest absolute Gasteiger partial charge is 0.493 e. The summed E-state index contributed by atoms with van der Waals surface area (Å²) >= 11 is 1.19. The Bertz CT molecular complexity index is 934. The van der Waals surface area contributed by atoms with Gasteiger partial charge in [-0.3, -0.25) is 4.79 Å². The van der Waals surface area contributed by atoms with Crippen LogP contribution in [0, 0.1) is 0 Å². The molecule has 1 aromatic heterocycles. The quantitative estimate of drug-likeness (QED) is 0.718. The SMILES string of the molecule is COc1cc(C(=O)N2CCC(NS(=O)(=O)c3cccs3)CC2)ccc1OC(C)C. The third kappa shape index (κ3) is 5.29. The average Bonchev–Trinajstić information content (AvgIpc) is 3.23. The summed E-state index contributed by atoms with van der Waals surface area (Å²) in [5.74, 6) is 1.02. The molecule has 1 aliphatic rings. The van der Waals surface area contributed by atoms with Crippen molar-refractivity contribution in [2.45, 2.75) is 43.0 Å². The smallest absolute Gasteiger partial charge is 0.253 e. The van der Waals surface area contributed by atoms with Crippen LogP contribution in [0.5, 0.6) is 11.5 Å². The second-order valence-electron chi connectivity index (χ2n) is 7.15. The average molecular weight is 439 g/mol. The molecule has 158 valence electrons. The number of ether oxygens (including phenoxy) is 2. The van der Waals surface area contributed by atoms with Crippen LogP contribution in [0.4, 0.5) is 0 Å². The number of nitrogens with one attached hydrogen (secondary N) is 1. The van der Waals surface area contributed by atoms with Crippen LogP contribution < -0.4 is 14.2 Å². The van der Waals surface area contributed by atoms with Crippen LogP contribution in [0.25, 0.3) is 0 Å². The normalized spacial score (nSPS) is 15.5. The van der Waals surface area contributed by atoms with Crippen molar-refractivity contribution in [3.8, 4) is 11.5 Å². The van der Waals surface area contributed by atoms with Gasteiger partial charge in [-0.1, -0.05) is 6.07 Å². The van der Waals surface area contributed by atoms with Gasteiger partial charge >= 0.3 is 0 Å². The lowest BCUT2D eigenvalue weighted by Crippen LogP contribution is -2.46. The van der Waals surface area contributed by atoms with E-state index in [9.17, 15) is 13.2 Å². The summed E-state index contributed by atoms with van der Waals surface area (Å²) in [5.41, 5.74) is 0.524. The Morgan fingerprint density at radius 1 is 1.21 bits per heavy atom. The lowest BCUT2D eigenvalue weighted by Gasteiger charge is -2.32. The minimum atomic E-state index is -3.50. The van der Waals surface area contributed by atoms with Crippen LogP contribution in [0.2, 0.25) is 0 Å². The molecule has 1 saturated heterocycles. The van der Waals surface area contributed by atoms with Crippen molar-refractivity contribution in [1.82, 2.24) is 9.62 Å². The highest BCUT2D eigenvalue weighted by molar-refractivity contribution is 7.91. The lowest BCUT2D eigenvalue weighted by molar-refractivity contribution is 0.0711. The van der Waals surface area contributed by atoms with Gasteiger partial charge in [0.15, 0.2) is 11.5 Å². The summed E-state index contributed by atoms with van der Waals surface area (Å²) in [6, 6.07) is 8.29. The van der Waals surface area contributed by atoms with Crippen molar-refractivity contribution in [3.63, 3.8) is 0 Å². The minimum absolute atomic E-state index is 0.00226. The molecule has 1 N–H and O–H groups in total. The van der Waals surface area contributed by atoms with Crippen molar-refractivity contribution in [1.29, 1.82) is 0 Å². The first-order chi connectivity index (χ1) is 13.8. The molecule has 0 radical (unpaired) electrons. The molecule has 0 saturated carbocycles. The Morgan fingerprint density at radius 3 is 2.52 bits per heavy atom. The van der Waals surface area contributed by atoms with E-state index in [2.05, 4.69) is 4.72 Å². The van der Waals surface area contributed by atoms with Crippen LogP contribution in [0.1, 0.15) is 37.0 Å². The van der Waals surface area contributed by atoms with Crippen molar-refractivity contribution >= 4 is 27.3 Å². The number of piperidine rings is 1. The zero-order valence-corrected chi connectivity index (χ0v) is 18.4. The van der Waals surface area contributed by atoms with Crippen molar-refractivity contribution in [2.75, 3.05) is 20.2 Å². The second kappa shape index (κ2) is 9.15. The number of carbonyl (C=O) groups excluding carboxylic acids is 1. The van der Waals surface area contributed by atoms with Gasteiger partial charge < -0.3 is 14.4 Å². The topological polar surface area (TPSA) is 84.9 Å². The molecular weight excluding hydrogens is 412 g/mol. The standard InChI is InChI=1S/C20H26N2O5S2/c1-14(2)27-17-7-6-15(13-18(17)26-3)20(23)22-10-8-16(9-11-22)21-29(24,25)19-5-4-12-28-19/h4-7,12-14,16,21H,8-11H2,1-3H3. The monoisotopic (exact) mass is 438 g/mol. The molecule has 1 fully saturated rings. The van der Waals surface area contributed by atoms with Crippen molar-refractivity contribution in [2.24, 2.45) is 0 Å². The van der Waals surface area contributed by atoms with Crippen LogP contribution in [-0.4, -0.2) is 51.6 Å². The first kappa shape index (κ1) is 21.6. The molecule has 7 nitrogen and oxygen atoms in total. The Kier molecular flexibility index (Phi) is 6.81. The summed E-state index contributed by atoms with van der Waals surface area (Å²) in [4.78, 5) is 14.6. The van der Waals surface area contributed by atoms with Gasteiger partial charge in [0.25, 0.3) is 5.91 Å². The van der Waals surface area contributed by atoms with E-state index in [4.69, 9.17) is 9.47 Å². The third-order valence-electron chi connectivity index (χ3n) is 4.64. The molecule has 1 aliphatic heterocycles. The van der Waals surface area contributed by atoms with E-state index in [0.29, 0.717) is 47.2 Å². The maximum Gasteiger partial charge on any atom is 0.253 e. The summed E-state index contributed by atoms with van der Waals surface area (Å²) in [6.07, 6.45) is 1.15. The zero-order valence-electron chi connectivity index (χ0n) is 16.8. The fourth-order valence-corrected chi connectivity index (χ4v) is 5.54. The van der Waals surface area contributed by atoms with Gasteiger partial charge in [-0.25, -0.2) is 13.1 Å². The molecule has 3 rings (SSSR count). The number of likely N-dealkylation sites (tertiary alicyclic amines) is 1. The second-order valence-corrected chi connectivity index (χ2v) is 10.0. The third-order valence-corrected chi connectivity index (χ3v) is 7.56. The number of nitrogens with zero attached hydrogens (tertiary/aromatic N) is 1. The van der Waals surface area contributed by atoms with Gasteiger partial charge in [0.05, 0.1) is 13.2 Å². The Balaban J connectivity index is 1.61. The van der Waals surface area contributed by atoms with E-state index in [-0.39, 0.29) is 18.1 Å². The molecule has 2 heterocycles. The van der Waals surface area contributed by atoms with E-state index in [0.717, 1.165) is 0 Å². The van der Waals surface area contributed by atoms with E-state index in [1.807, 2.05) is 13.8 Å². The molecule has 0 spiro atoms. The Hall–Kier alpha value is -2.10. The highest BCUT2D eigenvalue weighted by atomic mass is 32.2. The number of methoxy groups -OCH3 is 1. The van der Waals surface area contributed by atoms with Gasteiger partial charge in [-0.2, -0.15) is 0 Å². The molecule has 2 aromatic rings. The summed E-state index contributed by atoms with van der Waals surface area (Å²) < 4.78 is 38.9. The molecule has 0 aliphatic carbocycles. The van der Waals surface area contributed by atoms with Gasteiger partial charge in [-0.05, 0) is 56.3 Å². The number of carbonyl (C=O) groups is 1. The lowest BCUT2D eigenvalue weighted by atomic mass is 10.0. The van der Waals surface area contributed by atoms with E-state index in [1.54, 1.807) is 47.7 Å².